The Kier molecular flexibility index (Phi) is 5.49. The zero-order chi connectivity index (χ0) is 15.5. The van der Waals surface area contributed by atoms with Crippen molar-refractivity contribution in [2.75, 3.05) is 0 Å². The Hall–Kier alpha value is -0.810. The van der Waals surface area contributed by atoms with Crippen LogP contribution in [0.15, 0.2) is 28.7 Å². The summed E-state index contributed by atoms with van der Waals surface area (Å²) in [4.78, 5) is 23.8. The quantitative estimate of drug-likeness (QED) is 0.746. The number of rotatable bonds is 6. The minimum Gasteiger partial charge on any atom is -0.481 e. The summed E-state index contributed by atoms with van der Waals surface area (Å²) in [5.74, 6) is -1.61. The number of hydrogen-bond donors (Lipinski definition) is 2. The molecule has 0 aromatic heterocycles. The average Bonchev–Trinajstić information content (AvgIpc) is 2.88. The average molecular weight is 371 g/mol. The van der Waals surface area contributed by atoms with Gasteiger partial charge in [0.15, 0.2) is 0 Å². The number of hydrogen-bond acceptors (Lipinski definition) is 3. The van der Waals surface area contributed by atoms with Crippen molar-refractivity contribution < 1.29 is 14.7 Å². The van der Waals surface area contributed by atoms with Crippen LogP contribution in [0, 0.1) is 5.92 Å². The van der Waals surface area contributed by atoms with E-state index in [9.17, 15) is 14.7 Å². The van der Waals surface area contributed by atoms with Gasteiger partial charge in [0.1, 0.15) is 5.78 Å². The van der Waals surface area contributed by atoms with Gasteiger partial charge in [0, 0.05) is 10.9 Å². The second-order valence-electron chi connectivity index (χ2n) is 5.73. The fourth-order valence-corrected chi connectivity index (χ4v) is 3.48. The molecule has 0 radical (unpaired) electrons. The van der Waals surface area contributed by atoms with Gasteiger partial charge in [0.25, 0.3) is 0 Å². The van der Waals surface area contributed by atoms with Crippen LogP contribution in [-0.4, -0.2) is 21.6 Å². The van der Waals surface area contributed by atoms with Crippen LogP contribution in [0.1, 0.15) is 37.7 Å². The molecule has 0 aliphatic heterocycles. The van der Waals surface area contributed by atoms with E-state index in [-0.39, 0.29) is 12.2 Å². The lowest BCUT2D eigenvalue weighted by molar-refractivity contribution is -0.144. The van der Waals surface area contributed by atoms with E-state index in [1.807, 2.05) is 24.3 Å². The van der Waals surface area contributed by atoms with E-state index in [4.69, 9.17) is 0 Å². The smallest absolute Gasteiger partial charge is 0.307 e. The van der Waals surface area contributed by atoms with Crippen LogP contribution in [-0.2, 0) is 16.0 Å². The predicted molar refractivity (Wildman–Crippen MR) is 88.8 cm³/mol. The van der Waals surface area contributed by atoms with Crippen molar-refractivity contribution in [2.45, 2.75) is 43.3 Å². The third kappa shape index (κ3) is 4.33. The number of ketones is 1. The van der Waals surface area contributed by atoms with Crippen LogP contribution >= 0.6 is 28.6 Å². The second kappa shape index (κ2) is 6.97. The Morgan fingerprint density at radius 1 is 1.24 bits per heavy atom. The first-order chi connectivity index (χ1) is 9.90. The van der Waals surface area contributed by atoms with Crippen molar-refractivity contribution in [1.29, 1.82) is 0 Å². The van der Waals surface area contributed by atoms with Crippen LogP contribution in [0.4, 0.5) is 0 Å². The highest BCUT2D eigenvalue weighted by Crippen LogP contribution is 2.38. The van der Waals surface area contributed by atoms with Gasteiger partial charge < -0.3 is 5.11 Å². The summed E-state index contributed by atoms with van der Waals surface area (Å²) in [6, 6.07) is 7.54. The molecule has 1 fully saturated rings. The van der Waals surface area contributed by atoms with Gasteiger partial charge in [-0.2, -0.15) is 12.6 Å². The molecule has 1 aromatic rings. The van der Waals surface area contributed by atoms with E-state index in [0.717, 1.165) is 35.7 Å². The number of Topliss-reactive ketones (excluding diaryl/α,β-unsaturated/α-hetero) is 1. The summed E-state index contributed by atoms with van der Waals surface area (Å²) in [5, 5.41) is 9.38. The molecule has 2 rings (SSSR count). The molecule has 1 unspecified atom stereocenters. The van der Waals surface area contributed by atoms with Gasteiger partial charge in [-0.25, -0.2) is 0 Å². The van der Waals surface area contributed by atoms with Gasteiger partial charge in [-0.1, -0.05) is 40.9 Å². The van der Waals surface area contributed by atoms with Crippen molar-refractivity contribution >= 4 is 40.3 Å². The summed E-state index contributed by atoms with van der Waals surface area (Å²) < 4.78 is 0.349. The van der Waals surface area contributed by atoms with Crippen LogP contribution in [0.3, 0.4) is 0 Å². The predicted octanol–water partition coefficient (Wildman–Crippen LogP) is 3.89. The number of halogens is 1. The van der Waals surface area contributed by atoms with E-state index < -0.39 is 16.6 Å². The van der Waals surface area contributed by atoms with E-state index in [1.165, 1.54) is 0 Å². The number of carbonyl (C=O) groups excluding carboxylic acids is 1. The third-order valence-corrected chi connectivity index (χ3v) is 5.35. The number of carbonyl (C=O) groups is 2. The molecule has 1 atom stereocenters. The fourth-order valence-electron chi connectivity index (χ4n) is 2.80. The molecular formula is C16H19BrO3S. The topological polar surface area (TPSA) is 54.4 Å². The molecule has 0 saturated heterocycles. The van der Waals surface area contributed by atoms with Crippen LogP contribution in [0.2, 0.25) is 0 Å². The highest BCUT2D eigenvalue weighted by molar-refractivity contribution is 9.10. The molecule has 1 aliphatic rings. The molecule has 114 valence electrons. The third-order valence-electron chi connectivity index (χ3n) is 4.13. The number of aliphatic carboxylic acids is 1. The number of thiol groups is 1. The minimum absolute atomic E-state index is 0.0205. The molecule has 1 aliphatic carbocycles. The van der Waals surface area contributed by atoms with Crippen molar-refractivity contribution in [3.05, 3.63) is 34.3 Å². The molecule has 21 heavy (non-hydrogen) atoms. The largest absolute Gasteiger partial charge is 0.481 e. The van der Waals surface area contributed by atoms with E-state index >= 15 is 0 Å². The molecule has 1 aromatic carbocycles. The Balaban J connectivity index is 2.04. The van der Waals surface area contributed by atoms with Gasteiger partial charge in [-0.3, -0.25) is 9.59 Å². The van der Waals surface area contributed by atoms with Crippen molar-refractivity contribution in [3.8, 4) is 0 Å². The molecule has 0 spiro atoms. The molecule has 3 nitrogen and oxygen atoms in total. The summed E-state index contributed by atoms with van der Waals surface area (Å²) in [6.07, 6.45) is 3.96. The Bertz CT molecular complexity index is 521. The monoisotopic (exact) mass is 370 g/mol. The second-order valence-corrected chi connectivity index (χ2v) is 7.50. The zero-order valence-electron chi connectivity index (χ0n) is 11.7. The number of carboxylic acids is 1. The molecule has 0 heterocycles. The first kappa shape index (κ1) is 16.6. The van der Waals surface area contributed by atoms with Crippen LogP contribution in [0.5, 0.6) is 0 Å². The summed E-state index contributed by atoms with van der Waals surface area (Å²) >= 11 is 7.86. The molecule has 0 amide bonds. The van der Waals surface area contributed by atoms with Gasteiger partial charge in [-0.05, 0) is 37.0 Å². The highest BCUT2D eigenvalue weighted by Gasteiger charge is 2.38. The molecule has 1 saturated carbocycles. The lowest BCUT2D eigenvalue weighted by Gasteiger charge is -2.22. The maximum atomic E-state index is 12.4. The molecular weight excluding hydrogens is 352 g/mol. The number of carboxylic acid groups (broad SMARTS) is 1. The van der Waals surface area contributed by atoms with E-state index in [0.29, 0.717) is 6.42 Å². The van der Waals surface area contributed by atoms with E-state index in [1.54, 1.807) is 0 Å². The normalized spacial score (nSPS) is 18.4. The summed E-state index contributed by atoms with van der Waals surface area (Å²) in [6.45, 7) is 0. The lowest BCUT2D eigenvalue weighted by Crippen LogP contribution is -2.33. The molecule has 5 heteroatoms. The first-order valence-electron chi connectivity index (χ1n) is 7.14. The zero-order valence-corrected chi connectivity index (χ0v) is 14.2. The number of benzene rings is 1. The molecule has 1 N–H and O–H groups in total. The lowest BCUT2D eigenvalue weighted by atomic mass is 9.88. The van der Waals surface area contributed by atoms with Crippen molar-refractivity contribution in [2.24, 2.45) is 5.92 Å². The van der Waals surface area contributed by atoms with Crippen molar-refractivity contribution in [1.82, 2.24) is 0 Å². The fraction of sp³-hybridized carbons (Fsp3) is 0.500. The highest BCUT2D eigenvalue weighted by atomic mass is 79.9. The van der Waals surface area contributed by atoms with Gasteiger partial charge in [0.2, 0.25) is 0 Å². The van der Waals surface area contributed by atoms with Crippen LogP contribution in [0.25, 0.3) is 0 Å². The Morgan fingerprint density at radius 3 is 2.33 bits per heavy atom. The first-order valence-corrected chi connectivity index (χ1v) is 8.38. The SMILES string of the molecule is O=C(O)C(CC(=O)C1(S)CCCC1)Cc1ccc(Br)cc1. The summed E-state index contributed by atoms with van der Waals surface area (Å²) in [7, 11) is 0. The van der Waals surface area contributed by atoms with Crippen molar-refractivity contribution in [3.63, 3.8) is 0 Å². The maximum Gasteiger partial charge on any atom is 0.307 e. The minimum atomic E-state index is -0.916. The molecule has 0 bridgehead atoms. The van der Waals surface area contributed by atoms with Gasteiger partial charge >= 0.3 is 5.97 Å². The standard InChI is InChI=1S/C16H19BrO3S/c17-13-5-3-11(4-6-13)9-12(15(19)20)10-14(18)16(21)7-1-2-8-16/h3-6,12,21H,1-2,7-10H2,(H,19,20). The van der Waals surface area contributed by atoms with Crippen LogP contribution < -0.4 is 0 Å². The van der Waals surface area contributed by atoms with Gasteiger partial charge in [-0.15, -0.1) is 0 Å². The van der Waals surface area contributed by atoms with Gasteiger partial charge in [0.05, 0.1) is 10.7 Å². The summed E-state index contributed by atoms with van der Waals surface area (Å²) in [5.41, 5.74) is 0.929. The Labute approximate surface area is 138 Å². The van der Waals surface area contributed by atoms with E-state index in [2.05, 4.69) is 28.6 Å². The Morgan fingerprint density at radius 2 is 1.81 bits per heavy atom. The maximum absolute atomic E-state index is 12.4.